The third-order valence-electron chi connectivity index (χ3n) is 4.77. The first-order valence-electron chi connectivity index (χ1n) is 8.94. The number of benzene rings is 1. The summed E-state index contributed by atoms with van der Waals surface area (Å²) < 4.78 is 0. The number of piperidine rings is 1. The maximum Gasteiger partial charge on any atom is 0.251 e. The Morgan fingerprint density at radius 3 is 2.25 bits per heavy atom. The molecule has 0 aromatic heterocycles. The SMILES string of the molecule is CC1CCN(C(=O)CCNC(=O)c2ccc(C(C)(C)C)cc2)CC1. The van der Waals surface area contributed by atoms with Crippen LogP contribution in [0.15, 0.2) is 24.3 Å². The van der Waals surface area contributed by atoms with E-state index in [1.807, 2.05) is 29.2 Å². The van der Waals surface area contributed by atoms with Crippen LogP contribution in [0.5, 0.6) is 0 Å². The highest BCUT2D eigenvalue weighted by atomic mass is 16.2. The van der Waals surface area contributed by atoms with Gasteiger partial charge in [-0.15, -0.1) is 0 Å². The van der Waals surface area contributed by atoms with Crippen LogP contribution in [0.4, 0.5) is 0 Å². The van der Waals surface area contributed by atoms with Crippen molar-refractivity contribution in [3.63, 3.8) is 0 Å². The number of nitrogens with one attached hydrogen (secondary N) is 1. The smallest absolute Gasteiger partial charge is 0.251 e. The number of hydrogen-bond acceptors (Lipinski definition) is 2. The summed E-state index contributed by atoms with van der Waals surface area (Å²) in [6, 6.07) is 7.69. The Morgan fingerprint density at radius 1 is 1.12 bits per heavy atom. The lowest BCUT2D eigenvalue weighted by Gasteiger charge is -2.30. The summed E-state index contributed by atoms with van der Waals surface area (Å²) >= 11 is 0. The summed E-state index contributed by atoms with van der Waals surface area (Å²) in [5, 5.41) is 2.85. The first-order chi connectivity index (χ1) is 11.3. The van der Waals surface area contributed by atoms with Crippen molar-refractivity contribution in [3.05, 3.63) is 35.4 Å². The highest BCUT2D eigenvalue weighted by Crippen LogP contribution is 2.22. The molecule has 1 aliphatic rings. The lowest BCUT2D eigenvalue weighted by molar-refractivity contribution is -0.132. The fourth-order valence-corrected chi connectivity index (χ4v) is 2.92. The second kappa shape index (κ2) is 7.82. The van der Waals surface area contributed by atoms with Gasteiger partial charge in [-0.1, -0.05) is 39.8 Å². The van der Waals surface area contributed by atoms with Crippen LogP contribution in [0.3, 0.4) is 0 Å². The van der Waals surface area contributed by atoms with E-state index in [1.165, 1.54) is 5.56 Å². The van der Waals surface area contributed by atoms with E-state index in [2.05, 4.69) is 33.0 Å². The number of nitrogens with zero attached hydrogens (tertiary/aromatic N) is 1. The lowest BCUT2D eigenvalue weighted by Crippen LogP contribution is -2.39. The molecule has 1 aromatic carbocycles. The Kier molecular flexibility index (Phi) is 6.03. The van der Waals surface area contributed by atoms with Crippen LogP contribution >= 0.6 is 0 Å². The molecule has 0 bridgehead atoms. The van der Waals surface area contributed by atoms with Crippen molar-refractivity contribution in [2.24, 2.45) is 5.92 Å². The maximum absolute atomic E-state index is 12.2. The zero-order chi connectivity index (χ0) is 17.7. The largest absolute Gasteiger partial charge is 0.352 e. The fourth-order valence-electron chi connectivity index (χ4n) is 2.92. The Bertz CT molecular complexity index is 564. The average Bonchev–Trinajstić information content (AvgIpc) is 2.54. The first kappa shape index (κ1) is 18.5. The molecule has 0 atom stereocenters. The van der Waals surface area contributed by atoms with E-state index in [1.54, 1.807) is 0 Å². The van der Waals surface area contributed by atoms with Crippen molar-refractivity contribution in [2.75, 3.05) is 19.6 Å². The molecule has 4 nitrogen and oxygen atoms in total. The van der Waals surface area contributed by atoms with Crippen LogP contribution in [-0.2, 0) is 10.2 Å². The highest BCUT2D eigenvalue weighted by molar-refractivity contribution is 5.94. The minimum absolute atomic E-state index is 0.0768. The predicted octanol–water partition coefficient (Wildman–Crippen LogP) is 3.36. The molecule has 2 amide bonds. The third-order valence-corrected chi connectivity index (χ3v) is 4.77. The van der Waals surface area contributed by atoms with Crippen LogP contribution < -0.4 is 5.32 Å². The molecule has 0 radical (unpaired) electrons. The molecule has 24 heavy (non-hydrogen) atoms. The zero-order valence-corrected chi connectivity index (χ0v) is 15.4. The van der Waals surface area contributed by atoms with Gasteiger partial charge in [-0.2, -0.15) is 0 Å². The van der Waals surface area contributed by atoms with Gasteiger partial charge in [0.05, 0.1) is 0 Å². The zero-order valence-electron chi connectivity index (χ0n) is 15.4. The number of hydrogen-bond donors (Lipinski definition) is 1. The van der Waals surface area contributed by atoms with Crippen molar-refractivity contribution in [3.8, 4) is 0 Å². The van der Waals surface area contributed by atoms with Gasteiger partial charge in [0.1, 0.15) is 0 Å². The molecule has 0 saturated carbocycles. The van der Waals surface area contributed by atoms with Gasteiger partial charge in [-0.05, 0) is 41.9 Å². The van der Waals surface area contributed by atoms with Crippen LogP contribution in [0.1, 0.15) is 62.9 Å². The van der Waals surface area contributed by atoms with Crippen molar-refractivity contribution < 1.29 is 9.59 Å². The predicted molar refractivity (Wildman–Crippen MR) is 97.1 cm³/mol. The second-order valence-corrected chi connectivity index (χ2v) is 7.90. The molecule has 132 valence electrons. The summed E-state index contributed by atoms with van der Waals surface area (Å²) in [6.45, 7) is 10.8. The molecule has 1 aliphatic heterocycles. The number of amides is 2. The van der Waals surface area contributed by atoms with E-state index < -0.39 is 0 Å². The number of likely N-dealkylation sites (tertiary alicyclic amines) is 1. The van der Waals surface area contributed by atoms with Crippen molar-refractivity contribution in [2.45, 2.75) is 52.4 Å². The molecule has 4 heteroatoms. The van der Waals surface area contributed by atoms with Crippen LogP contribution in [0.2, 0.25) is 0 Å². The molecular formula is C20H30N2O2. The monoisotopic (exact) mass is 330 g/mol. The van der Waals surface area contributed by atoms with Gasteiger partial charge in [-0.3, -0.25) is 9.59 Å². The van der Waals surface area contributed by atoms with Crippen molar-refractivity contribution in [1.82, 2.24) is 10.2 Å². The third kappa shape index (κ3) is 5.08. The van der Waals surface area contributed by atoms with E-state index in [-0.39, 0.29) is 17.2 Å². The van der Waals surface area contributed by atoms with Crippen LogP contribution in [-0.4, -0.2) is 36.3 Å². The Balaban J connectivity index is 1.78. The maximum atomic E-state index is 12.2. The summed E-state index contributed by atoms with van der Waals surface area (Å²) in [4.78, 5) is 26.2. The van der Waals surface area contributed by atoms with E-state index in [9.17, 15) is 9.59 Å². The minimum Gasteiger partial charge on any atom is -0.352 e. The summed E-state index contributed by atoms with van der Waals surface area (Å²) in [6.07, 6.45) is 2.54. The first-order valence-corrected chi connectivity index (χ1v) is 8.94. The van der Waals surface area contributed by atoms with E-state index in [0.717, 1.165) is 25.9 Å². The van der Waals surface area contributed by atoms with E-state index in [0.29, 0.717) is 24.4 Å². The molecule has 1 aromatic rings. The molecule has 1 heterocycles. The van der Waals surface area contributed by atoms with Crippen LogP contribution in [0, 0.1) is 5.92 Å². The van der Waals surface area contributed by atoms with E-state index in [4.69, 9.17) is 0 Å². The van der Waals surface area contributed by atoms with Crippen molar-refractivity contribution in [1.29, 1.82) is 0 Å². The molecule has 1 saturated heterocycles. The number of carbonyl (C=O) groups is 2. The molecule has 0 spiro atoms. The second-order valence-electron chi connectivity index (χ2n) is 7.90. The normalized spacial score (nSPS) is 16.1. The number of carbonyl (C=O) groups excluding carboxylic acids is 2. The topological polar surface area (TPSA) is 49.4 Å². The van der Waals surface area contributed by atoms with Gasteiger partial charge in [0.2, 0.25) is 5.91 Å². The van der Waals surface area contributed by atoms with Gasteiger partial charge >= 0.3 is 0 Å². The highest BCUT2D eigenvalue weighted by Gasteiger charge is 2.20. The van der Waals surface area contributed by atoms with E-state index >= 15 is 0 Å². The Hall–Kier alpha value is -1.84. The summed E-state index contributed by atoms with van der Waals surface area (Å²) in [5.41, 5.74) is 1.92. The quantitative estimate of drug-likeness (QED) is 0.920. The van der Waals surface area contributed by atoms with Crippen LogP contribution in [0.25, 0.3) is 0 Å². The van der Waals surface area contributed by atoms with Gasteiger partial charge in [-0.25, -0.2) is 0 Å². The Morgan fingerprint density at radius 2 is 1.71 bits per heavy atom. The molecule has 1 N–H and O–H groups in total. The van der Waals surface area contributed by atoms with Crippen molar-refractivity contribution >= 4 is 11.8 Å². The Labute approximate surface area is 145 Å². The van der Waals surface area contributed by atoms with Gasteiger partial charge < -0.3 is 10.2 Å². The molecule has 2 rings (SSSR count). The summed E-state index contributed by atoms with van der Waals surface area (Å²) in [5.74, 6) is 0.741. The standard InChI is InChI=1S/C20H30N2O2/c1-15-10-13-22(14-11-15)18(23)9-12-21-19(24)16-5-7-17(8-6-16)20(2,3)4/h5-8,15H,9-14H2,1-4H3,(H,21,24). The minimum atomic E-state index is -0.115. The molecular weight excluding hydrogens is 300 g/mol. The van der Waals surface area contributed by atoms with Gasteiger partial charge in [0.15, 0.2) is 0 Å². The summed E-state index contributed by atoms with van der Waals surface area (Å²) in [7, 11) is 0. The van der Waals surface area contributed by atoms with Gasteiger partial charge in [0, 0.05) is 31.6 Å². The molecule has 0 unspecified atom stereocenters. The number of rotatable bonds is 4. The van der Waals surface area contributed by atoms with Gasteiger partial charge in [0.25, 0.3) is 5.91 Å². The fraction of sp³-hybridized carbons (Fsp3) is 0.600. The lowest BCUT2D eigenvalue weighted by atomic mass is 9.87. The molecule has 0 aliphatic carbocycles. The molecule has 1 fully saturated rings. The average molecular weight is 330 g/mol.